The largest absolute Gasteiger partial charge is 0.298 e. The van der Waals surface area contributed by atoms with E-state index in [9.17, 15) is 9.18 Å². The predicted octanol–water partition coefficient (Wildman–Crippen LogP) is 4.70. The van der Waals surface area contributed by atoms with Crippen molar-refractivity contribution in [2.45, 2.75) is 43.9 Å². The van der Waals surface area contributed by atoms with Gasteiger partial charge in [0.2, 0.25) is 0 Å². The summed E-state index contributed by atoms with van der Waals surface area (Å²) in [5, 5.41) is 0. The van der Waals surface area contributed by atoms with Crippen LogP contribution in [0.15, 0.2) is 29.2 Å². The number of carbonyl (C=O) groups excluding carboxylic acids is 1. The number of thioether (sulfide) groups is 1. The van der Waals surface area contributed by atoms with Gasteiger partial charge in [-0.05, 0) is 49.8 Å². The Kier molecular flexibility index (Phi) is 5.44. The van der Waals surface area contributed by atoms with E-state index in [-0.39, 0.29) is 11.7 Å². The van der Waals surface area contributed by atoms with Crippen molar-refractivity contribution in [2.75, 3.05) is 5.75 Å². The summed E-state index contributed by atoms with van der Waals surface area (Å²) in [5.74, 6) is 1.64. The number of halogens is 1. The molecule has 0 heterocycles. The Bertz CT molecular complexity index is 425. The third kappa shape index (κ3) is 4.34. The van der Waals surface area contributed by atoms with Gasteiger partial charge < -0.3 is 0 Å². The zero-order valence-corrected chi connectivity index (χ0v) is 12.2. The van der Waals surface area contributed by atoms with E-state index in [1.165, 1.54) is 43.2 Å². The molecule has 0 aliphatic heterocycles. The molecular formula is C16H21FOS. The number of benzene rings is 1. The first-order chi connectivity index (χ1) is 9.19. The molecule has 1 aromatic carbocycles. The minimum atomic E-state index is -0.235. The molecule has 1 saturated carbocycles. The summed E-state index contributed by atoms with van der Waals surface area (Å²) in [6.45, 7) is 2.23. The molecule has 0 unspecified atom stereocenters. The Hall–Kier alpha value is -0.830. The molecule has 3 heteroatoms. The summed E-state index contributed by atoms with van der Waals surface area (Å²) in [5.41, 5.74) is 0. The number of Topliss-reactive ketones (excluding diaryl/α,β-unsaturated/α-hetero) is 1. The molecule has 0 saturated heterocycles. The lowest BCUT2D eigenvalue weighted by Gasteiger charge is -2.26. The molecule has 1 aliphatic carbocycles. The van der Waals surface area contributed by atoms with Crippen LogP contribution in [0.2, 0.25) is 0 Å². The van der Waals surface area contributed by atoms with Crippen molar-refractivity contribution < 1.29 is 9.18 Å². The number of hydrogen-bond donors (Lipinski definition) is 0. The van der Waals surface area contributed by atoms with Gasteiger partial charge in [-0.2, -0.15) is 0 Å². The Morgan fingerprint density at radius 1 is 1.32 bits per heavy atom. The van der Waals surface area contributed by atoms with Crippen LogP contribution in [0.4, 0.5) is 4.39 Å². The Morgan fingerprint density at radius 3 is 2.68 bits per heavy atom. The minimum Gasteiger partial charge on any atom is -0.298 e. The molecule has 1 aromatic rings. The van der Waals surface area contributed by atoms with Gasteiger partial charge in [0.1, 0.15) is 11.6 Å². The topological polar surface area (TPSA) is 17.1 Å². The van der Waals surface area contributed by atoms with Crippen LogP contribution in [0.25, 0.3) is 0 Å². The first-order valence-electron chi connectivity index (χ1n) is 7.10. The molecule has 0 bridgehead atoms. The van der Waals surface area contributed by atoms with Gasteiger partial charge >= 0.3 is 0 Å². The van der Waals surface area contributed by atoms with Crippen molar-refractivity contribution in [2.24, 2.45) is 11.8 Å². The van der Waals surface area contributed by atoms with Crippen molar-refractivity contribution in [1.29, 1.82) is 0 Å². The van der Waals surface area contributed by atoms with Crippen LogP contribution in [-0.2, 0) is 4.79 Å². The highest BCUT2D eigenvalue weighted by atomic mass is 32.2. The zero-order chi connectivity index (χ0) is 13.7. The second kappa shape index (κ2) is 7.09. The van der Waals surface area contributed by atoms with Crippen LogP contribution in [0, 0.1) is 17.7 Å². The molecular weight excluding hydrogens is 259 g/mol. The molecule has 19 heavy (non-hydrogen) atoms. The number of ketones is 1. The summed E-state index contributed by atoms with van der Waals surface area (Å²) in [4.78, 5) is 13.0. The van der Waals surface area contributed by atoms with Crippen molar-refractivity contribution in [3.8, 4) is 0 Å². The average Bonchev–Trinajstić information content (AvgIpc) is 2.45. The SMILES string of the molecule is CCC1CCC(C(=O)CSc2cccc(F)c2)CC1. The summed E-state index contributed by atoms with van der Waals surface area (Å²) >= 11 is 1.45. The van der Waals surface area contributed by atoms with Crippen LogP contribution in [0.3, 0.4) is 0 Å². The molecule has 0 atom stereocenters. The summed E-state index contributed by atoms with van der Waals surface area (Å²) in [7, 11) is 0. The quantitative estimate of drug-likeness (QED) is 0.727. The van der Waals surface area contributed by atoms with E-state index in [1.807, 2.05) is 6.07 Å². The van der Waals surface area contributed by atoms with Crippen LogP contribution in [0.1, 0.15) is 39.0 Å². The highest BCUT2D eigenvalue weighted by Gasteiger charge is 2.25. The fourth-order valence-corrected chi connectivity index (χ4v) is 3.64. The Balaban J connectivity index is 1.79. The lowest BCUT2D eigenvalue weighted by Crippen LogP contribution is -2.23. The number of hydrogen-bond acceptors (Lipinski definition) is 2. The fourth-order valence-electron chi connectivity index (χ4n) is 2.72. The Morgan fingerprint density at radius 2 is 2.05 bits per heavy atom. The molecule has 1 nitrogen and oxygen atoms in total. The number of carbonyl (C=O) groups is 1. The van der Waals surface area contributed by atoms with Gasteiger partial charge in [0.05, 0.1) is 5.75 Å². The molecule has 0 radical (unpaired) electrons. The van der Waals surface area contributed by atoms with Gasteiger partial charge in [-0.25, -0.2) is 4.39 Å². The molecule has 0 amide bonds. The lowest BCUT2D eigenvalue weighted by molar-refractivity contribution is -0.121. The third-order valence-corrected chi connectivity index (χ3v) is 5.07. The smallest absolute Gasteiger partial charge is 0.146 e. The van der Waals surface area contributed by atoms with Crippen LogP contribution in [0.5, 0.6) is 0 Å². The second-order valence-corrected chi connectivity index (χ2v) is 6.39. The maximum Gasteiger partial charge on any atom is 0.146 e. The maximum atomic E-state index is 13.0. The van der Waals surface area contributed by atoms with Gasteiger partial charge in [0, 0.05) is 10.8 Å². The van der Waals surface area contributed by atoms with E-state index < -0.39 is 0 Å². The molecule has 0 N–H and O–H groups in total. The lowest BCUT2D eigenvalue weighted by atomic mass is 9.79. The Labute approximate surface area is 119 Å². The van der Waals surface area contributed by atoms with E-state index in [0.717, 1.165) is 23.7 Å². The van der Waals surface area contributed by atoms with Gasteiger partial charge in [0.15, 0.2) is 0 Å². The average molecular weight is 280 g/mol. The number of rotatable bonds is 5. The maximum absolute atomic E-state index is 13.0. The van der Waals surface area contributed by atoms with Crippen molar-refractivity contribution in [1.82, 2.24) is 0 Å². The standard InChI is InChI=1S/C16H21FOS/c1-2-12-6-8-13(9-7-12)16(18)11-19-15-5-3-4-14(17)10-15/h3-5,10,12-13H,2,6-9,11H2,1H3. The normalized spacial score (nSPS) is 23.3. The minimum absolute atomic E-state index is 0.235. The van der Waals surface area contributed by atoms with Gasteiger partial charge in [-0.1, -0.05) is 19.4 Å². The molecule has 0 spiro atoms. The summed E-state index contributed by atoms with van der Waals surface area (Å²) in [6, 6.07) is 6.47. The van der Waals surface area contributed by atoms with Crippen molar-refractivity contribution in [3.05, 3.63) is 30.1 Å². The van der Waals surface area contributed by atoms with Gasteiger partial charge in [-0.15, -0.1) is 11.8 Å². The highest BCUT2D eigenvalue weighted by molar-refractivity contribution is 8.00. The fraction of sp³-hybridized carbons (Fsp3) is 0.562. The monoisotopic (exact) mass is 280 g/mol. The predicted molar refractivity (Wildman–Crippen MR) is 77.9 cm³/mol. The summed E-state index contributed by atoms with van der Waals surface area (Å²) < 4.78 is 13.0. The first kappa shape index (κ1) is 14.6. The van der Waals surface area contributed by atoms with Crippen LogP contribution in [-0.4, -0.2) is 11.5 Å². The van der Waals surface area contributed by atoms with Crippen LogP contribution >= 0.6 is 11.8 Å². The second-order valence-electron chi connectivity index (χ2n) is 5.34. The van der Waals surface area contributed by atoms with E-state index in [4.69, 9.17) is 0 Å². The first-order valence-corrected chi connectivity index (χ1v) is 8.08. The van der Waals surface area contributed by atoms with Crippen LogP contribution < -0.4 is 0 Å². The van der Waals surface area contributed by atoms with E-state index in [0.29, 0.717) is 11.5 Å². The van der Waals surface area contributed by atoms with E-state index in [2.05, 4.69) is 6.92 Å². The molecule has 0 aromatic heterocycles. The highest BCUT2D eigenvalue weighted by Crippen LogP contribution is 2.32. The van der Waals surface area contributed by atoms with Crippen molar-refractivity contribution >= 4 is 17.5 Å². The zero-order valence-electron chi connectivity index (χ0n) is 11.4. The van der Waals surface area contributed by atoms with Gasteiger partial charge in [-0.3, -0.25) is 4.79 Å². The molecule has 2 rings (SSSR count). The summed E-state index contributed by atoms with van der Waals surface area (Å²) in [6.07, 6.45) is 5.70. The third-order valence-electron chi connectivity index (χ3n) is 4.06. The van der Waals surface area contributed by atoms with E-state index >= 15 is 0 Å². The molecule has 1 aliphatic rings. The van der Waals surface area contributed by atoms with E-state index in [1.54, 1.807) is 6.07 Å². The molecule has 104 valence electrons. The van der Waals surface area contributed by atoms with Crippen molar-refractivity contribution in [3.63, 3.8) is 0 Å². The van der Waals surface area contributed by atoms with Gasteiger partial charge in [0.25, 0.3) is 0 Å². The molecule has 1 fully saturated rings.